The van der Waals surface area contributed by atoms with Gasteiger partial charge in [0.25, 0.3) is 0 Å². The summed E-state index contributed by atoms with van der Waals surface area (Å²) in [5.41, 5.74) is -0.391. The van der Waals surface area contributed by atoms with Crippen LogP contribution in [0.15, 0.2) is 0 Å². The largest absolute Gasteiger partial charge is 0.389 e. The molecule has 1 saturated carbocycles. The predicted molar refractivity (Wildman–Crippen MR) is 73.1 cm³/mol. The molecular weight excluding hydrogens is 266 g/mol. The van der Waals surface area contributed by atoms with Crippen LogP contribution in [0.4, 0.5) is 0 Å². The van der Waals surface area contributed by atoms with Gasteiger partial charge in [0.2, 0.25) is 0 Å². The highest BCUT2D eigenvalue weighted by atomic mass is 79.9. The number of hydrogen-bond donors (Lipinski definition) is 1. The quantitative estimate of drug-likeness (QED) is 0.729. The summed E-state index contributed by atoms with van der Waals surface area (Å²) in [6, 6.07) is 0. The molecule has 1 aliphatic rings. The molecular formula is C13H26BrNO. The van der Waals surface area contributed by atoms with Crippen molar-refractivity contribution in [2.24, 2.45) is 5.92 Å². The first-order valence-electron chi connectivity index (χ1n) is 6.56. The van der Waals surface area contributed by atoms with Crippen LogP contribution in [0.5, 0.6) is 0 Å². The lowest BCUT2D eigenvalue weighted by atomic mass is 10.0. The van der Waals surface area contributed by atoms with Crippen LogP contribution in [0.1, 0.15) is 45.4 Å². The molecule has 0 aliphatic heterocycles. The molecule has 0 saturated heterocycles. The molecule has 1 atom stereocenters. The van der Waals surface area contributed by atoms with Crippen LogP contribution < -0.4 is 0 Å². The van der Waals surface area contributed by atoms with Crippen molar-refractivity contribution in [3.05, 3.63) is 0 Å². The van der Waals surface area contributed by atoms with Gasteiger partial charge in [0, 0.05) is 18.4 Å². The van der Waals surface area contributed by atoms with Gasteiger partial charge in [-0.25, -0.2) is 0 Å². The number of rotatable bonds is 7. The monoisotopic (exact) mass is 291 g/mol. The Morgan fingerprint density at radius 1 is 1.38 bits per heavy atom. The van der Waals surface area contributed by atoms with E-state index < -0.39 is 5.60 Å². The molecule has 3 heteroatoms. The standard InChI is InChI=1S/C13H26BrNO/c1-3-6-12(9-14)10-15(2)11-13(16)7-4-5-8-13/h12,16H,3-11H2,1-2H3. The molecule has 1 aliphatic carbocycles. The number of hydrogen-bond acceptors (Lipinski definition) is 2. The number of likely N-dealkylation sites (N-methyl/N-ethyl adjacent to an activating group) is 1. The fourth-order valence-electron chi connectivity index (χ4n) is 2.82. The van der Waals surface area contributed by atoms with E-state index in [1.165, 1.54) is 25.7 Å². The van der Waals surface area contributed by atoms with Crippen molar-refractivity contribution in [3.63, 3.8) is 0 Å². The van der Waals surface area contributed by atoms with Crippen molar-refractivity contribution in [2.75, 3.05) is 25.5 Å². The second kappa shape index (κ2) is 6.97. The van der Waals surface area contributed by atoms with E-state index in [2.05, 4.69) is 34.8 Å². The fourth-order valence-corrected chi connectivity index (χ4v) is 3.35. The minimum Gasteiger partial charge on any atom is -0.389 e. The lowest BCUT2D eigenvalue weighted by Crippen LogP contribution is -2.41. The molecule has 1 rings (SSSR count). The van der Waals surface area contributed by atoms with Crippen molar-refractivity contribution in [3.8, 4) is 0 Å². The molecule has 2 nitrogen and oxygen atoms in total. The predicted octanol–water partition coefficient (Wildman–Crippen LogP) is 3.03. The van der Waals surface area contributed by atoms with Gasteiger partial charge in [-0.2, -0.15) is 0 Å². The molecule has 1 unspecified atom stereocenters. The minimum atomic E-state index is -0.391. The van der Waals surface area contributed by atoms with Crippen LogP contribution in [-0.2, 0) is 0 Å². The Kier molecular flexibility index (Phi) is 6.30. The topological polar surface area (TPSA) is 23.5 Å². The molecule has 1 fully saturated rings. The van der Waals surface area contributed by atoms with Gasteiger partial charge in [0.1, 0.15) is 0 Å². The van der Waals surface area contributed by atoms with Crippen molar-refractivity contribution in [2.45, 2.75) is 51.0 Å². The van der Waals surface area contributed by atoms with Crippen molar-refractivity contribution in [1.82, 2.24) is 4.90 Å². The second-order valence-corrected chi connectivity index (χ2v) is 6.08. The third-order valence-corrected chi connectivity index (χ3v) is 4.50. The highest BCUT2D eigenvalue weighted by Gasteiger charge is 2.32. The maximum atomic E-state index is 10.3. The average Bonchev–Trinajstić information content (AvgIpc) is 2.63. The van der Waals surface area contributed by atoms with E-state index in [0.717, 1.165) is 37.2 Å². The van der Waals surface area contributed by atoms with Crippen LogP contribution in [0.3, 0.4) is 0 Å². The zero-order chi connectivity index (χ0) is 12.0. The first-order valence-corrected chi connectivity index (χ1v) is 7.68. The molecule has 0 spiro atoms. The molecule has 0 bridgehead atoms. The zero-order valence-electron chi connectivity index (χ0n) is 10.7. The van der Waals surface area contributed by atoms with Gasteiger partial charge in [0.05, 0.1) is 5.60 Å². The van der Waals surface area contributed by atoms with Crippen LogP contribution in [0.2, 0.25) is 0 Å². The van der Waals surface area contributed by atoms with Crippen LogP contribution in [0.25, 0.3) is 0 Å². The normalized spacial score (nSPS) is 21.6. The van der Waals surface area contributed by atoms with E-state index in [4.69, 9.17) is 0 Å². The van der Waals surface area contributed by atoms with Crippen LogP contribution >= 0.6 is 15.9 Å². The van der Waals surface area contributed by atoms with Gasteiger partial charge < -0.3 is 10.0 Å². The summed E-state index contributed by atoms with van der Waals surface area (Å²) >= 11 is 3.58. The molecule has 0 heterocycles. The third-order valence-electron chi connectivity index (χ3n) is 3.58. The van der Waals surface area contributed by atoms with Crippen molar-refractivity contribution in [1.29, 1.82) is 0 Å². The summed E-state index contributed by atoms with van der Waals surface area (Å²) in [5.74, 6) is 0.722. The number of nitrogens with zero attached hydrogens (tertiary/aromatic N) is 1. The van der Waals surface area contributed by atoms with Gasteiger partial charge in [-0.15, -0.1) is 0 Å². The van der Waals surface area contributed by atoms with Crippen LogP contribution in [-0.4, -0.2) is 41.1 Å². The third kappa shape index (κ3) is 4.72. The highest BCUT2D eigenvalue weighted by molar-refractivity contribution is 9.09. The first kappa shape index (κ1) is 14.5. The van der Waals surface area contributed by atoms with Gasteiger partial charge >= 0.3 is 0 Å². The zero-order valence-corrected chi connectivity index (χ0v) is 12.3. The molecule has 0 radical (unpaired) electrons. The summed E-state index contributed by atoms with van der Waals surface area (Å²) < 4.78 is 0. The molecule has 16 heavy (non-hydrogen) atoms. The minimum absolute atomic E-state index is 0.391. The maximum Gasteiger partial charge on any atom is 0.0774 e. The van der Waals surface area contributed by atoms with Gasteiger partial charge in [-0.05, 0) is 32.2 Å². The Morgan fingerprint density at radius 2 is 2.00 bits per heavy atom. The molecule has 96 valence electrons. The summed E-state index contributed by atoms with van der Waals surface area (Å²) in [6.45, 7) is 4.18. The summed E-state index contributed by atoms with van der Waals surface area (Å²) in [4.78, 5) is 2.31. The average molecular weight is 292 g/mol. The van der Waals surface area contributed by atoms with Gasteiger partial charge in [-0.1, -0.05) is 42.1 Å². The Bertz CT molecular complexity index is 192. The van der Waals surface area contributed by atoms with E-state index in [0.29, 0.717) is 0 Å². The van der Waals surface area contributed by atoms with E-state index in [9.17, 15) is 5.11 Å². The van der Waals surface area contributed by atoms with E-state index >= 15 is 0 Å². The second-order valence-electron chi connectivity index (χ2n) is 5.44. The lowest BCUT2D eigenvalue weighted by Gasteiger charge is -2.30. The maximum absolute atomic E-state index is 10.3. The van der Waals surface area contributed by atoms with E-state index in [-0.39, 0.29) is 0 Å². The smallest absolute Gasteiger partial charge is 0.0774 e. The number of halogens is 1. The van der Waals surface area contributed by atoms with Crippen molar-refractivity contribution >= 4 is 15.9 Å². The lowest BCUT2D eigenvalue weighted by molar-refractivity contribution is 0.0134. The SMILES string of the molecule is CCCC(CBr)CN(C)CC1(O)CCCC1. The molecule has 1 N–H and O–H groups in total. The van der Waals surface area contributed by atoms with E-state index in [1.807, 2.05) is 0 Å². The van der Waals surface area contributed by atoms with Gasteiger partial charge in [0.15, 0.2) is 0 Å². The molecule has 0 amide bonds. The van der Waals surface area contributed by atoms with Gasteiger partial charge in [-0.3, -0.25) is 0 Å². The Hall–Kier alpha value is 0.400. The molecule has 0 aromatic rings. The number of alkyl halides is 1. The molecule has 0 aromatic carbocycles. The van der Waals surface area contributed by atoms with Crippen molar-refractivity contribution < 1.29 is 5.11 Å². The Balaban J connectivity index is 2.30. The highest BCUT2D eigenvalue weighted by Crippen LogP contribution is 2.30. The number of aliphatic hydroxyl groups is 1. The molecule has 0 aromatic heterocycles. The Morgan fingerprint density at radius 3 is 2.50 bits per heavy atom. The Labute approximate surface area is 109 Å². The fraction of sp³-hybridized carbons (Fsp3) is 1.00. The summed E-state index contributed by atoms with van der Waals surface area (Å²) in [7, 11) is 2.14. The van der Waals surface area contributed by atoms with Crippen LogP contribution in [0, 0.1) is 5.92 Å². The summed E-state index contributed by atoms with van der Waals surface area (Å²) in [6.07, 6.45) is 6.89. The first-order chi connectivity index (χ1) is 7.59. The summed E-state index contributed by atoms with van der Waals surface area (Å²) in [5, 5.41) is 11.4. The van der Waals surface area contributed by atoms with E-state index in [1.54, 1.807) is 0 Å².